The first-order valence-electron chi connectivity index (χ1n) is 5.32. The van der Waals surface area contributed by atoms with E-state index in [1.165, 1.54) is 22.2 Å². The highest BCUT2D eigenvalue weighted by atomic mass is 16.3. The first kappa shape index (κ1) is 10.2. The molecule has 2 nitrogen and oxygen atoms in total. The van der Waals surface area contributed by atoms with Gasteiger partial charge in [0.15, 0.2) is 0 Å². The third kappa shape index (κ3) is 1.65. The van der Waals surface area contributed by atoms with E-state index in [0.717, 1.165) is 6.42 Å². The summed E-state index contributed by atoms with van der Waals surface area (Å²) in [7, 11) is 2.07. The molecule has 0 bridgehead atoms. The first-order valence-corrected chi connectivity index (χ1v) is 5.32. The van der Waals surface area contributed by atoms with E-state index in [9.17, 15) is 5.11 Å². The predicted molar refractivity (Wildman–Crippen MR) is 63.0 cm³/mol. The van der Waals surface area contributed by atoms with Gasteiger partial charge in [-0.2, -0.15) is 0 Å². The summed E-state index contributed by atoms with van der Waals surface area (Å²) in [5.41, 5.74) is 3.76. The minimum atomic E-state index is -0.283. The van der Waals surface area contributed by atoms with Gasteiger partial charge in [-0.1, -0.05) is 18.2 Å². The van der Waals surface area contributed by atoms with Crippen LogP contribution < -0.4 is 0 Å². The van der Waals surface area contributed by atoms with Gasteiger partial charge in [0, 0.05) is 30.1 Å². The van der Waals surface area contributed by atoms with E-state index < -0.39 is 0 Å². The fraction of sp³-hybridized carbons (Fsp3) is 0.385. The lowest BCUT2D eigenvalue weighted by Crippen LogP contribution is -2.05. The summed E-state index contributed by atoms with van der Waals surface area (Å²) in [5, 5.41) is 10.8. The molecule has 1 aromatic carbocycles. The minimum Gasteiger partial charge on any atom is -0.393 e. The quantitative estimate of drug-likeness (QED) is 0.796. The highest BCUT2D eigenvalue weighted by molar-refractivity contribution is 5.85. The van der Waals surface area contributed by atoms with Crippen LogP contribution in [0.1, 0.15) is 18.2 Å². The minimum absolute atomic E-state index is 0.283. The maximum Gasteiger partial charge on any atom is 0.0553 e. The second-order valence-corrected chi connectivity index (χ2v) is 4.19. The standard InChI is InChI=1S/C13H17NO/c1-9(15)8-12-10(2)14(3)13-7-5-4-6-11(12)13/h4-7,9,15H,8H2,1-3H3/t9-/m0/s1. The van der Waals surface area contributed by atoms with Crippen molar-refractivity contribution in [2.45, 2.75) is 26.4 Å². The van der Waals surface area contributed by atoms with Crippen LogP contribution in [0.4, 0.5) is 0 Å². The van der Waals surface area contributed by atoms with Crippen molar-refractivity contribution < 1.29 is 5.11 Å². The molecule has 1 heterocycles. The highest BCUT2D eigenvalue weighted by Crippen LogP contribution is 2.25. The molecule has 0 saturated heterocycles. The molecule has 2 aromatic rings. The molecule has 0 aliphatic heterocycles. The Labute approximate surface area is 90.2 Å². The molecular weight excluding hydrogens is 186 g/mol. The zero-order valence-corrected chi connectivity index (χ0v) is 9.49. The van der Waals surface area contributed by atoms with Gasteiger partial charge in [-0.3, -0.25) is 0 Å². The van der Waals surface area contributed by atoms with Crippen molar-refractivity contribution in [3.05, 3.63) is 35.5 Å². The summed E-state index contributed by atoms with van der Waals surface area (Å²) in [5.74, 6) is 0. The highest BCUT2D eigenvalue weighted by Gasteiger charge is 2.12. The van der Waals surface area contributed by atoms with E-state index >= 15 is 0 Å². The Bertz CT molecular complexity index is 482. The normalized spacial score (nSPS) is 13.3. The third-order valence-electron chi connectivity index (χ3n) is 3.03. The van der Waals surface area contributed by atoms with Crippen molar-refractivity contribution >= 4 is 10.9 Å². The van der Waals surface area contributed by atoms with Crippen molar-refractivity contribution in [1.82, 2.24) is 4.57 Å². The molecule has 15 heavy (non-hydrogen) atoms. The average Bonchev–Trinajstić information content (AvgIpc) is 2.44. The number of nitrogens with zero attached hydrogens (tertiary/aromatic N) is 1. The van der Waals surface area contributed by atoms with Crippen LogP contribution in [-0.4, -0.2) is 15.8 Å². The zero-order valence-electron chi connectivity index (χ0n) is 9.49. The number of rotatable bonds is 2. The van der Waals surface area contributed by atoms with Crippen LogP contribution in [0.3, 0.4) is 0 Å². The lowest BCUT2D eigenvalue weighted by Gasteiger charge is -2.04. The van der Waals surface area contributed by atoms with Crippen LogP contribution in [0.2, 0.25) is 0 Å². The molecule has 0 spiro atoms. The molecule has 1 aromatic heterocycles. The van der Waals surface area contributed by atoms with Gasteiger partial charge in [-0.05, 0) is 25.5 Å². The van der Waals surface area contributed by atoms with E-state index in [0.29, 0.717) is 0 Å². The smallest absolute Gasteiger partial charge is 0.0553 e. The van der Waals surface area contributed by atoms with Crippen LogP contribution in [0.25, 0.3) is 10.9 Å². The van der Waals surface area contributed by atoms with Gasteiger partial charge in [0.25, 0.3) is 0 Å². The van der Waals surface area contributed by atoms with Crippen LogP contribution in [0.5, 0.6) is 0 Å². The molecule has 0 radical (unpaired) electrons. The molecule has 0 fully saturated rings. The second kappa shape index (κ2) is 3.70. The van der Waals surface area contributed by atoms with Gasteiger partial charge in [-0.15, -0.1) is 0 Å². The molecule has 2 heteroatoms. The molecule has 2 rings (SSSR count). The van der Waals surface area contributed by atoms with Gasteiger partial charge in [0.2, 0.25) is 0 Å². The van der Waals surface area contributed by atoms with E-state index in [-0.39, 0.29) is 6.10 Å². The van der Waals surface area contributed by atoms with Gasteiger partial charge in [-0.25, -0.2) is 0 Å². The Morgan fingerprint density at radius 2 is 2.00 bits per heavy atom. The van der Waals surface area contributed by atoms with Crippen LogP contribution in [0.15, 0.2) is 24.3 Å². The molecule has 1 N–H and O–H groups in total. The van der Waals surface area contributed by atoms with Crippen molar-refractivity contribution in [2.24, 2.45) is 7.05 Å². The fourth-order valence-corrected chi connectivity index (χ4v) is 2.15. The van der Waals surface area contributed by atoms with Crippen molar-refractivity contribution in [3.8, 4) is 0 Å². The number of aliphatic hydroxyl groups is 1. The van der Waals surface area contributed by atoms with Gasteiger partial charge in [0.05, 0.1) is 6.10 Å². The van der Waals surface area contributed by atoms with Gasteiger partial charge < -0.3 is 9.67 Å². The Morgan fingerprint density at radius 3 is 2.67 bits per heavy atom. The molecule has 80 valence electrons. The molecule has 1 atom stereocenters. The van der Waals surface area contributed by atoms with Crippen molar-refractivity contribution in [1.29, 1.82) is 0 Å². The Morgan fingerprint density at radius 1 is 1.33 bits per heavy atom. The summed E-state index contributed by atoms with van der Waals surface area (Å²) in [6.07, 6.45) is 0.446. The fourth-order valence-electron chi connectivity index (χ4n) is 2.15. The van der Waals surface area contributed by atoms with Crippen molar-refractivity contribution in [2.75, 3.05) is 0 Å². The summed E-state index contributed by atoms with van der Waals surface area (Å²) in [4.78, 5) is 0. The molecule has 0 aliphatic carbocycles. The number of hydrogen-bond donors (Lipinski definition) is 1. The lowest BCUT2D eigenvalue weighted by molar-refractivity contribution is 0.195. The maximum atomic E-state index is 9.49. The number of para-hydroxylation sites is 1. The zero-order chi connectivity index (χ0) is 11.0. The summed E-state index contributed by atoms with van der Waals surface area (Å²) < 4.78 is 2.19. The Kier molecular flexibility index (Phi) is 2.53. The number of aliphatic hydroxyl groups excluding tert-OH is 1. The van der Waals surface area contributed by atoms with Crippen LogP contribution in [0, 0.1) is 6.92 Å². The largest absolute Gasteiger partial charge is 0.393 e. The Hall–Kier alpha value is -1.28. The molecule has 0 unspecified atom stereocenters. The summed E-state index contributed by atoms with van der Waals surface area (Å²) in [6, 6.07) is 8.34. The lowest BCUT2D eigenvalue weighted by atomic mass is 10.1. The Balaban J connectivity index is 2.66. The third-order valence-corrected chi connectivity index (χ3v) is 3.03. The number of fused-ring (bicyclic) bond motifs is 1. The number of hydrogen-bond acceptors (Lipinski definition) is 1. The molecule has 0 saturated carbocycles. The predicted octanol–water partition coefficient (Wildman–Crippen LogP) is 2.41. The first-order chi connectivity index (χ1) is 7.11. The number of aryl methyl sites for hydroxylation is 1. The molecular formula is C13H17NO. The summed E-state index contributed by atoms with van der Waals surface area (Å²) >= 11 is 0. The number of benzene rings is 1. The summed E-state index contributed by atoms with van der Waals surface area (Å²) in [6.45, 7) is 3.94. The number of aromatic nitrogens is 1. The van der Waals surface area contributed by atoms with Gasteiger partial charge >= 0.3 is 0 Å². The monoisotopic (exact) mass is 203 g/mol. The van der Waals surface area contributed by atoms with Gasteiger partial charge in [0.1, 0.15) is 0 Å². The van der Waals surface area contributed by atoms with Crippen molar-refractivity contribution in [3.63, 3.8) is 0 Å². The second-order valence-electron chi connectivity index (χ2n) is 4.19. The van der Waals surface area contributed by atoms with Crippen LogP contribution >= 0.6 is 0 Å². The van der Waals surface area contributed by atoms with E-state index in [1.54, 1.807) is 0 Å². The maximum absolute atomic E-state index is 9.49. The van der Waals surface area contributed by atoms with E-state index in [4.69, 9.17) is 0 Å². The topological polar surface area (TPSA) is 25.2 Å². The SMILES string of the molecule is Cc1c(C[C@H](C)O)c2ccccc2n1C. The van der Waals surface area contributed by atoms with E-state index in [2.05, 4.69) is 30.7 Å². The van der Waals surface area contributed by atoms with E-state index in [1.807, 2.05) is 19.1 Å². The van der Waals surface area contributed by atoms with Crippen LogP contribution in [-0.2, 0) is 13.5 Å². The average molecular weight is 203 g/mol. The molecule has 0 amide bonds. The molecule has 0 aliphatic rings.